The summed E-state index contributed by atoms with van der Waals surface area (Å²) in [6, 6.07) is 1.58. The predicted octanol–water partition coefficient (Wildman–Crippen LogP) is 17.7. The van der Waals surface area contributed by atoms with E-state index in [9.17, 15) is 5.11 Å². The molecule has 28 heteroatoms. The molecule has 0 aliphatic heterocycles. The smallest absolute Gasteiger partial charge is 0.226 e. The number of hydrogen-bond donors (Lipinski definition) is 0. The van der Waals surface area contributed by atoms with Gasteiger partial charge >= 0.3 is 0 Å². The summed E-state index contributed by atoms with van der Waals surface area (Å²) in [7, 11) is 0. The molecule has 0 aromatic heterocycles. The monoisotopic (exact) mass is 1190 g/mol. The molecule has 47 heavy (non-hydrogen) atoms. The van der Waals surface area contributed by atoms with Crippen LogP contribution in [0.2, 0.25) is 0 Å². The Bertz CT molecular complexity index is 1240. The van der Waals surface area contributed by atoms with E-state index in [-0.39, 0.29) is 0 Å². The van der Waals surface area contributed by atoms with Crippen molar-refractivity contribution in [1.82, 2.24) is 0 Å². The van der Waals surface area contributed by atoms with Gasteiger partial charge in [0.25, 0.3) is 0 Å². The van der Waals surface area contributed by atoms with Gasteiger partial charge in [-0.25, -0.2) is 5.11 Å². The van der Waals surface area contributed by atoms with Gasteiger partial charge in [-0.1, -0.05) is 313 Å². The molecule has 0 amide bonds. The molecule has 0 N–H and O–H groups in total. The Morgan fingerprint density at radius 2 is 0.553 bits per heavy atom. The average molecular weight is 1210 g/mol. The maximum atomic E-state index is 13.0. The zero-order valence-electron chi connectivity index (χ0n) is 20.5. The highest BCUT2D eigenvalue weighted by Gasteiger charge is 2.73. The molecular formula is C19H4Cl27O. The molecule has 0 heterocycles. The van der Waals surface area contributed by atoms with Crippen molar-refractivity contribution >= 4 is 313 Å². The molecule has 275 valence electrons. The maximum Gasteiger partial charge on any atom is 0.226 e. The molecule has 0 aliphatic rings. The van der Waals surface area contributed by atoms with Crippen molar-refractivity contribution in [3.8, 4) is 0 Å². The third-order valence-corrected chi connectivity index (χ3v) is 22.2. The van der Waals surface area contributed by atoms with E-state index in [1.807, 2.05) is 0 Å². The standard InChI is InChI=1S/C19H4Cl27O/c20-8(21,11(26,27)14(32,33)17(38,39)40)4-1-6(9(22,23)12(28,29)15(34,35)18(41,42)43)5(3-47)7(2-4)10(24,25)13(30,31)16(36,37)19(44,45)46/h1-2H,3H2. The van der Waals surface area contributed by atoms with Gasteiger partial charge in [-0.2, -0.15) is 0 Å². The fourth-order valence-electron chi connectivity index (χ4n) is 3.21. The van der Waals surface area contributed by atoms with E-state index in [4.69, 9.17) is 313 Å². The molecule has 0 saturated heterocycles. The van der Waals surface area contributed by atoms with Crippen LogP contribution in [0.25, 0.3) is 0 Å². The van der Waals surface area contributed by atoms with Gasteiger partial charge in [-0.3, -0.25) is 0 Å². The second-order valence-corrected chi connectivity index (χ2v) is 27.6. The molecule has 0 saturated carbocycles. The van der Waals surface area contributed by atoms with Crippen molar-refractivity contribution in [1.29, 1.82) is 0 Å². The molecule has 0 fully saturated rings. The summed E-state index contributed by atoms with van der Waals surface area (Å²) in [5.41, 5.74) is -2.90. The lowest BCUT2D eigenvalue weighted by atomic mass is 9.88. The zero-order chi connectivity index (χ0) is 38.4. The highest BCUT2D eigenvalue weighted by Crippen LogP contribution is 2.70. The SMILES string of the molecule is [O]Cc1c(C(Cl)(Cl)C(Cl)(Cl)C(Cl)(Cl)C(Cl)(Cl)Cl)cc(C(Cl)(Cl)C(Cl)(Cl)C(Cl)(Cl)C(Cl)(Cl)Cl)cc1C(Cl)(Cl)C(Cl)(Cl)C(Cl)(Cl)C(Cl)(Cl)Cl. The van der Waals surface area contributed by atoms with Crippen molar-refractivity contribution in [2.24, 2.45) is 0 Å². The Kier molecular flexibility index (Phi) is 18.0. The van der Waals surface area contributed by atoms with E-state index in [2.05, 4.69) is 0 Å². The third kappa shape index (κ3) is 8.97. The lowest BCUT2D eigenvalue weighted by Gasteiger charge is -2.48. The number of benzene rings is 1. The van der Waals surface area contributed by atoms with Gasteiger partial charge in [-0.05, 0) is 34.4 Å². The van der Waals surface area contributed by atoms with Crippen LogP contribution in [0.3, 0.4) is 0 Å². The fraction of sp³-hybridized carbons (Fsp3) is 0.684. The van der Waals surface area contributed by atoms with Crippen molar-refractivity contribution in [2.75, 3.05) is 0 Å². The van der Waals surface area contributed by atoms with Gasteiger partial charge in [0, 0.05) is 0 Å². The predicted molar refractivity (Wildman–Crippen MR) is 218 cm³/mol. The van der Waals surface area contributed by atoms with Gasteiger partial charge in [0.2, 0.25) is 24.4 Å². The fourth-order valence-corrected chi connectivity index (χ4v) is 10.0. The van der Waals surface area contributed by atoms with Crippen LogP contribution in [0.5, 0.6) is 0 Å². The van der Waals surface area contributed by atoms with E-state index in [1.54, 1.807) is 0 Å². The third-order valence-electron chi connectivity index (χ3n) is 5.87. The van der Waals surface area contributed by atoms with Gasteiger partial charge in [0.1, 0.15) is 6.61 Å². The zero-order valence-corrected chi connectivity index (χ0v) is 40.9. The quantitative estimate of drug-likeness (QED) is 0.208. The first-order valence-corrected chi connectivity index (χ1v) is 20.6. The van der Waals surface area contributed by atoms with Crippen LogP contribution in [0.4, 0.5) is 0 Å². The number of halogens is 27. The van der Waals surface area contributed by atoms with Crippen LogP contribution in [0.15, 0.2) is 12.1 Å². The van der Waals surface area contributed by atoms with Crippen molar-refractivity contribution in [3.05, 3.63) is 34.4 Å². The van der Waals surface area contributed by atoms with Crippen LogP contribution >= 0.6 is 313 Å². The highest BCUT2D eigenvalue weighted by atomic mass is 35.6. The molecule has 1 rings (SSSR count). The summed E-state index contributed by atoms with van der Waals surface area (Å²) < 4.78 is -35.1. The Morgan fingerprint density at radius 1 is 0.340 bits per heavy atom. The Morgan fingerprint density at radius 3 is 0.745 bits per heavy atom. The lowest BCUT2D eigenvalue weighted by molar-refractivity contribution is 0.175. The Balaban J connectivity index is 4.67. The summed E-state index contributed by atoms with van der Waals surface area (Å²) in [6.07, 6.45) is 0. The van der Waals surface area contributed by atoms with Crippen molar-refractivity contribution < 1.29 is 5.11 Å². The van der Waals surface area contributed by atoms with E-state index in [1.165, 1.54) is 0 Å². The molecule has 0 unspecified atom stereocenters. The van der Waals surface area contributed by atoms with Crippen LogP contribution < -0.4 is 0 Å². The first kappa shape index (κ1) is 52.0. The van der Waals surface area contributed by atoms with E-state index in [0.717, 1.165) is 12.1 Å². The molecule has 0 bridgehead atoms. The summed E-state index contributed by atoms with van der Waals surface area (Å²) in [5.74, 6) is 0. The van der Waals surface area contributed by atoms with Crippen LogP contribution in [-0.2, 0) is 24.7 Å². The molecule has 0 spiro atoms. The second kappa shape index (κ2) is 16.2. The first-order chi connectivity index (χ1) is 20.0. The van der Waals surface area contributed by atoms with Crippen LogP contribution in [-0.4, -0.2) is 37.4 Å². The summed E-state index contributed by atoms with van der Waals surface area (Å²) in [6.45, 7) is -1.43. The van der Waals surface area contributed by atoms with Crippen LogP contribution in [0.1, 0.15) is 22.3 Å². The van der Waals surface area contributed by atoms with Crippen LogP contribution in [0, 0.1) is 0 Å². The van der Waals surface area contributed by atoms with E-state index in [0.29, 0.717) is 0 Å². The lowest BCUT2D eigenvalue weighted by Crippen LogP contribution is -2.57. The number of hydrogen-bond acceptors (Lipinski definition) is 0. The molecule has 0 aliphatic carbocycles. The van der Waals surface area contributed by atoms with Crippen molar-refractivity contribution in [2.45, 2.75) is 57.0 Å². The highest BCUT2D eigenvalue weighted by molar-refractivity contribution is 6.82. The minimum Gasteiger partial charge on any atom is -0.232 e. The second-order valence-electron chi connectivity index (χ2n) is 8.86. The molecule has 1 aromatic carbocycles. The number of alkyl halides is 27. The van der Waals surface area contributed by atoms with Gasteiger partial charge in [0.15, 0.2) is 26.0 Å². The minimum atomic E-state index is -3.06. The van der Waals surface area contributed by atoms with Gasteiger partial charge in [0.05, 0.1) is 0 Å². The summed E-state index contributed by atoms with van der Waals surface area (Å²) >= 11 is 170. The minimum absolute atomic E-state index is 0.662. The topological polar surface area (TPSA) is 19.9 Å². The molecular weight excluding hydrogens is 1200 g/mol. The van der Waals surface area contributed by atoms with Gasteiger partial charge in [-0.15, -0.1) is 0 Å². The molecule has 1 nitrogen and oxygen atoms in total. The maximum absolute atomic E-state index is 13.0. The van der Waals surface area contributed by atoms with E-state index >= 15 is 0 Å². The molecule has 1 aromatic rings. The van der Waals surface area contributed by atoms with E-state index < -0.39 is 79.2 Å². The first-order valence-electron chi connectivity index (χ1n) is 10.4. The summed E-state index contributed by atoms with van der Waals surface area (Å²) in [5, 5.41) is 13.0. The van der Waals surface area contributed by atoms with Crippen molar-refractivity contribution in [3.63, 3.8) is 0 Å². The Labute approximate surface area is 403 Å². The Hall–Kier alpha value is 7.01. The van der Waals surface area contributed by atoms with Gasteiger partial charge < -0.3 is 0 Å². The number of rotatable bonds is 10. The molecule has 1 radical (unpaired) electrons. The average Bonchev–Trinajstić information content (AvgIpc) is 2.84. The molecule has 0 atom stereocenters. The summed E-state index contributed by atoms with van der Waals surface area (Å²) in [4.78, 5) is 0. The normalized spacial score (nSPS) is 16.2. The largest absolute Gasteiger partial charge is 0.232 e.